The number of nitrogens with zero attached hydrogens (tertiary/aromatic N) is 2. The first-order chi connectivity index (χ1) is 13.9. The van der Waals surface area contributed by atoms with Crippen LogP contribution in [0.3, 0.4) is 0 Å². The van der Waals surface area contributed by atoms with Gasteiger partial charge in [0, 0.05) is 18.8 Å². The maximum absolute atomic E-state index is 12.6. The Morgan fingerprint density at radius 3 is 2.38 bits per heavy atom. The second kappa shape index (κ2) is 7.89. The number of guanidine groups is 1. The van der Waals surface area contributed by atoms with Gasteiger partial charge in [-0.1, -0.05) is 12.2 Å². The van der Waals surface area contributed by atoms with Gasteiger partial charge >= 0.3 is 0 Å². The van der Waals surface area contributed by atoms with Gasteiger partial charge in [-0.25, -0.2) is 0 Å². The third-order valence-corrected chi connectivity index (χ3v) is 5.88. The van der Waals surface area contributed by atoms with Gasteiger partial charge in [-0.05, 0) is 62.8 Å². The van der Waals surface area contributed by atoms with E-state index in [1.807, 2.05) is 38.1 Å². The van der Waals surface area contributed by atoms with Crippen molar-refractivity contribution in [2.45, 2.75) is 32.8 Å². The lowest BCUT2D eigenvalue weighted by Crippen LogP contribution is -2.34. The van der Waals surface area contributed by atoms with Crippen molar-refractivity contribution >= 4 is 23.5 Å². The van der Waals surface area contributed by atoms with Crippen LogP contribution in [0.15, 0.2) is 41.4 Å². The first-order valence-corrected chi connectivity index (χ1v) is 10.3. The summed E-state index contributed by atoms with van der Waals surface area (Å²) < 4.78 is 5.61. The Kier molecular flexibility index (Phi) is 5.30. The molecule has 2 aliphatic carbocycles. The van der Waals surface area contributed by atoms with Crippen LogP contribution in [0.1, 0.15) is 26.7 Å². The highest BCUT2D eigenvalue weighted by Gasteiger charge is 2.58. The fourth-order valence-electron chi connectivity index (χ4n) is 4.69. The van der Waals surface area contributed by atoms with Gasteiger partial charge < -0.3 is 15.8 Å². The molecule has 0 spiro atoms. The summed E-state index contributed by atoms with van der Waals surface area (Å²) in [6.07, 6.45) is 5.90. The molecule has 2 bridgehead atoms. The van der Waals surface area contributed by atoms with E-state index in [1.54, 1.807) is 0 Å². The largest absolute Gasteiger partial charge is 0.491 e. The van der Waals surface area contributed by atoms with E-state index in [0.29, 0.717) is 25.5 Å². The number of nitrogens with two attached hydrogens (primary N) is 1. The molecule has 7 nitrogen and oxygen atoms in total. The number of carbonyl (C=O) groups is 2. The number of anilines is 1. The lowest BCUT2D eigenvalue weighted by atomic mass is 9.85. The van der Waals surface area contributed by atoms with Crippen LogP contribution in [0.5, 0.6) is 5.75 Å². The number of fused-ring (bicyclic) bond motifs is 5. The summed E-state index contributed by atoms with van der Waals surface area (Å²) in [4.78, 5) is 31.0. The summed E-state index contributed by atoms with van der Waals surface area (Å²) in [6, 6.07) is 7.50. The number of carbonyl (C=O) groups excluding carboxylic acids is 2. The Hall–Kier alpha value is -2.83. The number of ether oxygens (including phenoxy) is 1. The maximum atomic E-state index is 12.6. The predicted molar refractivity (Wildman–Crippen MR) is 111 cm³/mol. The third kappa shape index (κ3) is 3.86. The van der Waals surface area contributed by atoms with Gasteiger partial charge in [-0.3, -0.25) is 19.5 Å². The van der Waals surface area contributed by atoms with Crippen molar-refractivity contribution in [1.82, 2.24) is 4.90 Å². The molecule has 29 heavy (non-hydrogen) atoms. The van der Waals surface area contributed by atoms with Crippen molar-refractivity contribution in [1.29, 1.82) is 0 Å². The van der Waals surface area contributed by atoms with E-state index in [2.05, 4.69) is 22.5 Å². The smallest absolute Gasteiger partial charge is 0.233 e. The van der Waals surface area contributed by atoms with Crippen LogP contribution in [0, 0.1) is 23.7 Å². The average molecular weight is 396 g/mol. The molecule has 3 N–H and O–H groups in total. The minimum atomic E-state index is -0.129. The average Bonchev–Trinajstić information content (AvgIpc) is 3.35. The van der Waals surface area contributed by atoms with Crippen LogP contribution in [0.4, 0.5) is 5.69 Å². The quantitative estimate of drug-likeness (QED) is 0.243. The fraction of sp³-hybridized carbons (Fsp3) is 0.500. The third-order valence-electron chi connectivity index (χ3n) is 5.88. The summed E-state index contributed by atoms with van der Waals surface area (Å²) in [5, 5.41) is 3.04. The van der Waals surface area contributed by atoms with E-state index < -0.39 is 0 Å². The van der Waals surface area contributed by atoms with Crippen LogP contribution in [0.25, 0.3) is 0 Å². The number of amides is 2. The first kappa shape index (κ1) is 19.5. The van der Waals surface area contributed by atoms with E-state index in [-0.39, 0.29) is 41.6 Å². The molecule has 1 saturated heterocycles. The zero-order valence-electron chi connectivity index (χ0n) is 16.9. The van der Waals surface area contributed by atoms with Crippen LogP contribution >= 0.6 is 0 Å². The predicted octanol–water partition coefficient (Wildman–Crippen LogP) is 2.40. The molecule has 7 heteroatoms. The number of hydrogen-bond donors (Lipinski definition) is 2. The normalized spacial score (nSPS) is 27.8. The van der Waals surface area contributed by atoms with Gasteiger partial charge in [0.2, 0.25) is 11.8 Å². The van der Waals surface area contributed by atoms with Gasteiger partial charge in [-0.2, -0.15) is 0 Å². The highest BCUT2D eigenvalue weighted by Crippen LogP contribution is 2.52. The van der Waals surface area contributed by atoms with Crippen molar-refractivity contribution in [3.8, 4) is 5.75 Å². The van der Waals surface area contributed by atoms with Crippen LogP contribution in [0.2, 0.25) is 0 Å². The highest BCUT2D eigenvalue weighted by molar-refractivity contribution is 6.06. The molecule has 2 amide bonds. The zero-order chi connectivity index (χ0) is 20.5. The molecule has 0 radical (unpaired) electrons. The number of rotatable bonds is 7. The van der Waals surface area contributed by atoms with Crippen LogP contribution < -0.4 is 15.8 Å². The summed E-state index contributed by atoms with van der Waals surface area (Å²) in [7, 11) is 0. The van der Waals surface area contributed by atoms with E-state index in [9.17, 15) is 9.59 Å². The molecule has 3 aliphatic rings. The van der Waals surface area contributed by atoms with E-state index in [0.717, 1.165) is 17.9 Å². The standard InChI is InChI=1S/C22H28N4O3/c1-13(2)29-17-8-6-16(7-9-17)25-22(23)24-10-3-11-26-20(27)18-14-4-5-15(12-14)19(18)21(26)28/h4-9,13-15,18-19H,3,10-12H2,1-2H3,(H3,23,24,25). The lowest BCUT2D eigenvalue weighted by Gasteiger charge is -2.16. The van der Waals surface area contributed by atoms with Gasteiger partial charge in [0.05, 0.1) is 17.9 Å². The zero-order valence-corrected chi connectivity index (χ0v) is 16.9. The molecule has 1 heterocycles. The Morgan fingerprint density at radius 1 is 1.17 bits per heavy atom. The van der Waals surface area contributed by atoms with Gasteiger partial charge in [0.25, 0.3) is 0 Å². The van der Waals surface area contributed by atoms with E-state index >= 15 is 0 Å². The monoisotopic (exact) mass is 396 g/mol. The SMILES string of the molecule is CC(C)Oc1ccc(NC(N)=NCCCN2C(=O)C3C4C=CC(C4)C3C2=O)cc1. The molecule has 2 fully saturated rings. The molecule has 1 aromatic carbocycles. The molecule has 1 aromatic rings. The summed E-state index contributed by atoms with van der Waals surface area (Å²) in [6.45, 7) is 4.81. The molecule has 4 rings (SSSR count). The van der Waals surface area contributed by atoms with Crippen molar-refractivity contribution in [3.63, 3.8) is 0 Å². The molecular weight excluding hydrogens is 368 g/mol. The Bertz CT molecular complexity index is 816. The molecule has 1 aliphatic heterocycles. The second-order valence-electron chi connectivity index (χ2n) is 8.26. The van der Waals surface area contributed by atoms with Crippen molar-refractivity contribution in [3.05, 3.63) is 36.4 Å². The number of benzene rings is 1. The molecule has 4 atom stereocenters. The molecule has 1 saturated carbocycles. The maximum Gasteiger partial charge on any atom is 0.233 e. The summed E-state index contributed by atoms with van der Waals surface area (Å²) in [5.41, 5.74) is 6.77. The van der Waals surface area contributed by atoms with Crippen LogP contribution in [-0.2, 0) is 9.59 Å². The van der Waals surface area contributed by atoms with Crippen molar-refractivity contribution in [2.24, 2.45) is 34.4 Å². The van der Waals surface area contributed by atoms with Crippen molar-refractivity contribution < 1.29 is 14.3 Å². The Labute approximate surface area is 171 Å². The fourth-order valence-corrected chi connectivity index (χ4v) is 4.69. The Balaban J connectivity index is 1.24. The van der Waals surface area contributed by atoms with Gasteiger partial charge in [0.1, 0.15) is 5.75 Å². The van der Waals surface area contributed by atoms with E-state index in [1.165, 1.54) is 4.90 Å². The number of aliphatic imine (C=N–C) groups is 1. The topological polar surface area (TPSA) is 97.0 Å². The summed E-state index contributed by atoms with van der Waals surface area (Å²) >= 11 is 0. The first-order valence-electron chi connectivity index (χ1n) is 10.3. The number of hydrogen-bond acceptors (Lipinski definition) is 4. The molecule has 154 valence electrons. The lowest BCUT2D eigenvalue weighted by molar-refractivity contribution is -0.140. The van der Waals surface area contributed by atoms with Crippen molar-refractivity contribution in [2.75, 3.05) is 18.4 Å². The number of nitrogens with one attached hydrogen (secondary N) is 1. The second-order valence-corrected chi connectivity index (χ2v) is 8.26. The molecule has 0 aromatic heterocycles. The van der Waals surface area contributed by atoms with Gasteiger partial charge in [-0.15, -0.1) is 0 Å². The van der Waals surface area contributed by atoms with Gasteiger partial charge in [0.15, 0.2) is 5.96 Å². The minimum Gasteiger partial charge on any atom is -0.491 e. The minimum absolute atomic E-state index is 0.00404. The molecule has 4 unspecified atom stereocenters. The molecular formula is C22H28N4O3. The summed E-state index contributed by atoms with van der Waals surface area (Å²) in [5.74, 6) is 1.34. The van der Waals surface area contributed by atoms with Crippen LogP contribution in [-0.4, -0.2) is 41.9 Å². The number of imide groups is 1. The van der Waals surface area contributed by atoms with E-state index in [4.69, 9.17) is 10.5 Å². The Morgan fingerprint density at radius 2 is 1.79 bits per heavy atom. The number of likely N-dealkylation sites (tertiary alicyclic amines) is 1. The number of allylic oxidation sites excluding steroid dienone is 2. The highest BCUT2D eigenvalue weighted by atomic mass is 16.5.